The molecule has 0 heterocycles. The molecule has 0 bridgehead atoms. The molecule has 1 fully saturated rings. The largest absolute Gasteiger partial charge is 0.481 e. The van der Waals surface area contributed by atoms with Gasteiger partial charge in [-0.05, 0) is 12.8 Å². The van der Waals surface area contributed by atoms with Gasteiger partial charge in [-0.25, -0.2) is 0 Å². The topological polar surface area (TPSA) is 57.6 Å². The number of carboxylic acids is 1. The molecule has 1 N–H and O–H groups in total. The molecule has 0 aromatic carbocycles. The number of aliphatic carboxylic acids is 1. The van der Waals surface area contributed by atoms with Gasteiger partial charge in [0, 0.05) is 19.5 Å². The molecule has 4 nitrogen and oxygen atoms in total. The molecule has 0 unspecified atom stereocenters. The van der Waals surface area contributed by atoms with Gasteiger partial charge in [-0.15, -0.1) is 0 Å². The summed E-state index contributed by atoms with van der Waals surface area (Å²) >= 11 is 0. The Morgan fingerprint density at radius 1 is 1.20 bits per heavy atom. The first-order chi connectivity index (χ1) is 7.11. The van der Waals surface area contributed by atoms with Gasteiger partial charge in [-0.1, -0.05) is 19.3 Å². The van der Waals surface area contributed by atoms with E-state index in [9.17, 15) is 9.59 Å². The predicted octanol–water partition coefficient (Wildman–Crippen LogP) is 1.64. The van der Waals surface area contributed by atoms with Crippen LogP contribution in [0.2, 0.25) is 0 Å². The van der Waals surface area contributed by atoms with E-state index >= 15 is 0 Å². The minimum Gasteiger partial charge on any atom is -0.481 e. The van der Waals surface area contributed by atoms with E-state index in [1.165, 1.54) is 19.3 Å². The van der Waals surface area contributed by atoms with E-state index in [2.05, 4.69) is 0 Å². The van der Waals surface area contributed by atoms with Crippen LogP contribution >= 0.6 is 0 Å². The molecule has 1 aliphatic rings. The zero-order valence-electron chi connectivity index (χ0n) is 9.24. The molecule has 0 atom stereocenters. The Bertz CT molecular complexity index is 234. The third kappa shape index (κ3) is 3.90. The first kappa shape index (κ1) is 12.0. The Morgan fingerprint density at radius 3 is 2.33 bits per heavy atom. The average molecular weight is 213 g/mol. The van der Waals surface area contributed by atoms with Crippen molar-refractivity contribution in [3.8, 4) is 0 Å². The molecule has 0 aromatic rings. The predicted molar refractivity (Wildman–Crippen MR) is 56.5 cm³/mol. The van der Waals surface area contributed by atoms with Crippen LogP contribution in [0.4, 0.5) is 0 Å². The fraction of sp³-hybridized carbons (Fsp3) is 0.818. The van der Waals surface area contributed by atoms with Crippen LogP contribution in [0.3, 0.4) is 0 Å². The van der Waals surface area contributed by atoms with Crippen molar-refractivity contribution in [1.82, 2.24) is 4.90 Å². The lowest BCUT2D eigenvalue weighted by atomic mass is 9.94. The number of carbonyl (C=O) groups is 2. The van der Waals surface area contributed by atoms with Crippen LogP contribution in [0, 0.1) is 0 Å². The van der Waals surface area contributed by atoms with E-state index < -0.39 is 5.97 Å². The summed E-state index contributed by atoms with van der Waals surface area (Å²) in [6.07, 6.45) is 5.82. The highest BCUT2D eigenvalue weighted by atomic mass is 16.4. The number of amides is 1. The number of carbonyl (C=O) groups excluding carboxylic acids is 1. The van der Waals surface area contributed by atoms with Crippen molar-refractivity contribution in [3.05, 3.63) is 0 Å². The van der Waals surface area contributed by atoms with Gasteiger partial charge in [0.25, 0.3) is 0 Å². The third-order valence-corrected chi connectivity index (χ3v) is 3.07. The van der Waals surface area contributed by atoms with Crippen LogP contribution < -0.4 is 0 Å². The van der Waals surface area contributed by atoms with Gasteiger partial charge in [0.1, 0.15) is 0 Å². The molecule has 0 radical (unpaired) electrons. The maximum Gasteiger partial charge on any atom is 0.303 e. The summed E-state index contributed by atoms with van der Waals surface area (Å²) in [5.74, 6) is -0.940. The second-order valence-corrected chi connectivity index (χ2v) is 4.19. The lowest BCUT2D eigenvalue weighted by Crippen LogP contribution is -2.38. The van der Waals surface area contributed by atoms with Crippen molar-refractivity contribution >= 4 is 11.9 Å². The number of hydrogen-bond acceptors (Lipinski definition) is 2. The fourth-order valence-corrected chi connectivity index (χ4v) is 2.06. The Balaban J connectivity index is 2.33. The normalized spacial score (nSPS) is 17.4. The van der Waals surface area contributed by atoms with Crippen molar-refractivity contribution in [1.29, 1.82) is 0 Å². The van der Waals surface area contributed by atoms with E-state index in [4.69, 9.17) is 5.11 Å². The molecular weight excluding hydrogens is 194 g/mol. The smallest absolute Gasteiger partial charge is 0.303 e. The van der Waals surface area contributed by atoms with E-state index in [1.807, 2.05) is 0 Å². The molecule has 0 aliphatic heterocycles. The molecule has 86 valence electrons. The van der Waals surface area contributed by atoms with Crippen molar-refractivity contribution in [2.24, 2.45) is 0 Å². The number of nitrogens with zero attached hydrogens (tertiary/aromatic N) is 1. The highest BCUT2D eigenvalue weighted by molar-refractivity contribution is 5.80. The zero-order valence-corrected chi connectivity index (χ0v) is 9.24. The maximum atomic E-state index is 11.6. The summed E-state index contributed by atoms with van der Waals surface area (Å²) in [6.45, 7) is 0. The molecule has 4 heteroatoms. The van der Waals surface area contributed by atoms with Crippen molar-refractivity contribution < 1.29 is 14.7 Å². The average Bonchev–Trinajstić information content (AvgIpc) is 2.26. The quantitative estimate of drug-likeness (QED) is 0.772. The summed E-state index contributed by atoms with van der Waals surface area (Å²) < 4.78 is 0. The molecule has 1 rings (SSSR count). The van der Waals surface area contributed by atoms with Crippen LogP contribution in [0.15, 0.2) is 0 Å². The minimum atomic E-state index is -0.902. The monoisotopic (exact) mass is 213 g/mol. The van der Waals surface area contributed by atoms with Crippen LogP contribution in [-0.2, 0) is 9.59 Å². The van der Waals surface area contributed by atoms with Crippen LogP contribution in [0.25, 0.3) is 0 Å². The third-order valence-electron chi connectivity index (χ3n) is 3.07. The standard InChI is InChI=1S/C11H19NO3/c1-12(9-5-3-2-4-6-9)10(13)7-8-11(14)15/h9H,2-8H2,1H3,(H,14,15). The summed E-state index contributed by atoms with van der Waals surface area (Å²) in [6, 6.07) is 0.333. The molecule has 0 saturated heterocycles. The summed E-state index contributed by atoms with van der Waals surface area (Å²) in [4.78, 5) is 23.7. The van der Waals surface area contributed by atoms with E-state index in [0.717, 1.165) is 12.8 Å². The lowest BCUT2D eigenvalue weighted by Gasteiger charge is -2.31. The molecule has 0 spiro atoms. The maximum absolute atomic E-state index is 11.6. The minimum absolute atomic E-state index is 0.0377. The Kier molecular flexibility index (Phi) is 4.59. The van der Waals surface area contributed by atoms with Crippen molar-refractivity contribution in [2.45, 2.75) is 51.0 Å². The van der Waals surface area contributed by atoms with Crippen molar-refractivity contribution in [3.63, 3.8) is 0 Å². The SMILES string of the molecule is CN(C(=O)CCC(=O)O)C1CCCCC1. The molecule has 15 heavy (non-hydrogen) atoms. The zero-order chi connectivity index (χ0) is 11.3. The molecular formula is C11H19NO3. The van der Waals surface area contributed by atoms with Gasteiger partial charge >= 0.3 is 5.97 Å². The van der Waals surface area contributed by atoms with E-state index in [0.29, 0.717) is 6.04 Å². The summed E-state index contributed by atoms with van der Waals surface area (Å²) in [5.41, 5.74) is 0. The number of hydrogen-bond donors (Lipinski definition) is 1. The summed E-state index contributed by atoms with van der Waals surface area (Å²) in [7, 11) is 1.79. The van der Waals surface area contributed by atoms with E-state index in [1.54, 1.807) is 11.9 Å². The number of rotatable bonds is 4. The number of carboxylic acid groups (broad SMARTS) is 1. The first-order valence-corrected chi connectivity index (χ1v) is 5.58. The van der Waals surface area contributed by atoms with E-state index in [-0.39, 0.29) is 18.7 Å². The molecule has 1 aliphatic carbocycles. The highest BCUT2D eigenvalue weighted by Crippen LogP contribution is 2.22. The summed E-state index contributed by atoms with van der Waals surface area (Å²) in [5, 5.41) is 8.48. The second-order valence-electron chi connectivity index (χ2n) is 4.19. The molecule has 0 aromatic heterocycles. The first-order valence-electron chi connectivity index (χ1n) is 5.58. The molecule has 1 amide bonds. The molecule has 1 saturated carbocycles. The van der Waals surface area contributed by atoms with Crippen LogP contribution in [0.1, 0.15) is 44.9 Å². The van der Waals surface area contributed by atoms with Crippen molar-refractivity contribution in [2.75, 3.05) is 7.05 Å². The lowest BCUT2D eigenvalue weighted by molar-refractivity contribution is -0.141. The second kappa shape index (κ2) is 5.73. The Morgan fingerprint density at radius 2 is 1.80 bits per heavy atom. The van der Waals surface area contributed by atoms with Crippen LogP contribution in [-0.4, -0.2) is 35.0 Å². The Labute approximate surface area is 90.3 Å². The van der Waals surface area contributed by atoms with Gasteiger partial charge in [0.2, 0.25) is 5.91 Å². The van der Waals surface area contributed by atoms with Gasteiger partial charge in [-0.3, -0.25) is 9.59 Å². The highest BCUT2D eigenvalue weighted by Gasteiger charge is 2.21. The van der Waals surface area contributed by atoms with Gasteiger partial charge in [0.05, 0.1) is 6.42 Å². The Hall–Kier alpha value is -1.06. The fourth-order valence-electron chi connectivity index (χ4n) is 2.06. The van der Waals surface area contributed by atoms with Gasteiger partial charge in [-0.2, -0.15) is 0 Å². The van der Waals surface area contributed by atoms with Gasteiger partial charge in [0.15, 0.2) is 0 Å². The van der Waals surface area contributed by atoms with Crippen LogP contribution in [0.5, 0.6) is 0 Å². The van der Waals surface area contributed by atoms with Gasteiger partial charge < -0.3 is 10.0 Å².